The van der Waals surface area contributed by atoms with Crippen molar-refractivity contribution >= 4 is 17.2 Å². The van der Waals surface area contributed by atoms with E-state index in [4.69, 9.17) is 0 Å². The van der Waals surface area contributed by atoms with Gasteiger partial charge in [-0.2, -0.15) is 0 Å². The fraction of sp³-hybridized carbons (Fsp3) is 0.474. The highest BCUT2D eigenvalue weighted by atomic mass is 32.1. The lowest BCUT2D eigenvalue weighted by Crippen LogP contribution is -2.48. The first-order valence-corrected chi connectivity index (χ1v) is 9.55. The first-order valence-electron chi connectivity index (χ1n) is 8.67. The molecule has 1 aliphatic heterocycles. The van der Waals surface area contributed by atoms with Crippen molar-refractivity contribution in [2.45, 2.75) is 20.0 Å². The third-order valence-corrected chi connectivity index (χ3v) is 5.20. The van der Waals surface area contributed by atoms with E-state index in [1.54, 1.807) is 11.3 Å². The number of aryl methyl sites for hydroxylation is 1. The Bertz CT molecular complexity index is 720. The third kappa shape index (κ3) is 4.87. The first-order chi connectivity index (χ1) is 12.0. The van der Waals surface area contributed by atoms with Crippen molar-refractivity contribution in [2.75, 3.05) is 40.3 Å². The molecule has 5 nitrogen and oxygen atoms in total. The molecule has 134 valence electrons. The van der Waals surface area contributed by atoms with E-state index in [0.717, 1.165) is 44.3 Å². The molecule has 0 N–H and O–H groups in total. The highest BCUT2D eigenvalue weighted by molar-refractivity contribution is 7.09. The van der Waals surface area contributed by atoms with Gasteiger partial charge in [-0.05, 0) is 26.6 Å². The van der Waals surface area contributed by atoms with E-state index in [1.807, 2.05) is 24.4 Å². The monoisotopic (exact) mass is 358 g/mol. The Morgan fingerprint density at radius 2 is 2.00 bits per heavy atom. The molecule has 1 aliphatic rings. The van der Waals surface area contributed by atoms with Crippen molar-refractivity contribution in [3.8, 4) is 0 Å². The van der Waals surface area contributed by atoms with Gasteiger partial charge in [0, 0.05) is 44.6 Å². The van der Waals surface area contributed by atoms with Crippen LogP contribution in [0.15, 0.2) is 29.6 Å². The molecule has 0 spiro atoms. The zero-order valence-corrected chi connectivity index (χ0v) is 16.1. The van der Waals surface area contributed by atoms with Crippen LogP contribution in [-0.4, -0.2) is 65.9 Å². The zero-order valence-electron chi connectivity index (χ0n) is 15.2. The molecule has 25 heavy (non-hydrogen) atoms. The van der Waals surface area contributed by atoms with Crippen LogP contribution in [0.2, 0.25) is 0 Å². The lowest BCUT2D eigenvalue weighted by Gasteiger charge is -2.34. The van der Waals surface area contributed by atoms with E-state index < -0.39 is 0 Å². The van der Waals surface area contributed by atoms with E-state index in [2.05, 4.69) is 46.0 Å². The predicted octanol–water partition coefficient (Wildman–Crippen LogP) is 2.47. The lowest BCUT2D eigenvalue weighted by atomic mass is 10.1. The lowest BCUT2D eigenvalue weighted by molar-refractivity contribution is 0.0623. The Kier molecular flexibility index (Phi) is 5.83. The molecule has 1 aromatic carbocycles. The topological polar surface area (TPSA) is 39.7 Å². The normalized spacial score (nSPS) is 15.8. The first kappa shape index (κ1) is 18.0. The minimum absolute atomic E-state index is 0.0662. The third-order valence-electron chi connectivity index (χ3n) is 4.37. The molecule has 2 heterocycles. The van der Waals surface area contributed by atoms with E-state index in [9.17, 15) is 4.79 Å². The molecule has 0 radical (unpaired) electrons. The number of thiazole rings is 1. The molecule has 0 atom stereocenters. The summed E-state index contributed by atoms with van der Waals surface area (Å²) in [6, 6.07) is 8.64. The molecule has 0 unspecified atom stereocenters. The Balaban J connectivity index is 1.53. The summed E-state index contributed by atoms with van der Waals surface area (Å²) in [6.45, 7) is 7.22. The molecule has 3 rings (SSSR count). The van der Waals surface area contributed by atoms with Gasteiger partial charge in [-0.25, -0.2) is 4.98 Å². The predicted molar refractivity (Wildman–Crippen MR) is 102 cm³/mol. The quantitative estimate of drug-likeness (QED) is 0.823. The van der Waals surface area contributed by atoms with Crippen molar-refractivity contribution in [1.82, 2.24) is 19.7 Å². The second-order valence-electron chi connectivity index (χ2n) is 6.92. The number of benzene rings is 1. The van der Waals surface area contributed by atoms with Gasteiger partial charge in [-0.3, -0.25) is 9.69 Å². The molecule has 6 heteroatoms. The largest absolute Gasteiger partial charge is 0.335 e. The average Bonchev–Trinajstić information content (AvgIpc) is 3.02. The van der Waals surface area contributed by atoms with Gasteiger partial charge in [0.05, 0.1) is 0 Å². The van der Waals surface area contributed by atoms with Crippen molar-refractivity contribution < 1.29 is 4.79 Å². The Hall–Kier alpha value is -1.76. The summed E-state index contributed by atoms with van der Waals surface area (Å²) in [6.07, 6.45) is 0. The van der Waals surface area contributed by atoms with Crippen LogP contribution in [0.1, 0.15) is 26.6 Å². The van der Waals surface area contributed by atoms with Gasteiger partial charge >= 0.3 is 0 Å². The number of carbonyl (C=O) groups is 1. The minimum Gasteiger partial charge on any atom is -0.335 e. The van der Waals surface area contributed by atoms with Crippen LogP contribution < -0.4 is 0 Å². The molecule has 0 saturated carbocycles. The molecule has 2 aromatic rings. The average molecular weight is 359 g/mol. The highest BCUT2D eigenvalue weighted by Crippen LogP contribution is 2.15. The summed E-state index contributed by atoms with van der Waals surface area (Å²) in [5.74, 6) is 0.0662. The summed E-state index contributed by atoms with van der Waals surface area (Å²) in [5, 5.41) is 2.88. The van der Waals surface area contributed by atoms with Gasteiger partial charge in [-0.15, -0.1) is 11.3 Å². The van der Waals surface area contributed by atoms with E-state index >= 15 is 0 Å². The van der Waals surface area contributed by atoms with Crippen LogP contribution in [0.4, 0.5) is 0 Å². The van der Waals surface area contributed by atoms with Crippen LogP contribution in [-0.2, 0) is 13.1 Å². The minimum atomic E-state index is 0.0662. The SMILES string of the molecule is Cc1cccc(CN2CCN(C(=O)c3csc(CN(C)C)n3)CC2)c1. The van der Waals surface area contributed by atoms with E-state index in [1.165, 1.54) is 11.1 Å². The van der Waals surface area contributed by atoms with Crippen LogP contribution >= 0.6 is 11.3 Å². The standard InChI is InChI=1S/C19H26N4OS/c1-15-5-4-6-16(11-15)12-22-7-9-23(10-8-22)19(24)17-14-25-18(20-17)13-21(2)3/h4-6,11,14H,7-10,12-13H2,1-3H3. The fourth-order valence-corrected chi connectivity index (χ4v) is 3.98. The Morgan fingerprint density at radius 1 is 1.24 bits per heavy atom. The van der Waals surface area contributed by atoms with E-state index in [-0.39, 0.29) is 5.91 Å². The second kappa shape index (κ2) is 8.08. The van der Waals surface area contributed by atoms with Crippen molar-refractivity contribution in [3.63, 3.8) is 0 Å². The maximum Gasteiger partial charge on any atom is 0.273 e. The smallest absolute Gasteiger partial charge is 0.273 e. The van der Waals surface area contributed by atoms with Crippen LogP contribution in [0.3, 0.4) is 0 Å². The number of piperazine rings is 1. The molecule has 0 aliphatic carbocycles. The number of nitrogens with zero attached hydrogens (tertiary/aromatic N) is 4. The number of aromatic nitrogens is 1. The molecule has 0 bridgehead atoms. The number of hydrogen-bond donors (Lipinski definition) is 0. The van der Waals surface area contributed by atoms with Gasteiger partial charge in [-0.1, -0.05) is 29.8 Å². The molecule has 1 fully saturated rings. The van der Waals surface area contributed by atoms with Gasteiger partial charge in [0.25, 0.3) is 5.91 Å². The van der Waals surface area contributed by atoms with Gasteiger partial charge in [0.15, 0.2) is 0 Å². The molecular weight excluding hydrogens is 332 g/mol. The van der Waals surface area contributed by atoms with Crippen molar-refractivity contribution in [3.05, 3.63) is 51.5 Å². The van der Waals surface area contributed by atoms with Crippen LogP contribution in [0, 0.1) is 6.92 Å². The second-order valence-corrected chi connectivity index (χ2v) is 7.86. The summed E-state index contributed by atoms with van der Waals surface area (Å²) >= 11 is 1.56. The number of hydrogen-bond acceptors (Lipinski definition) is 5. The van der Waals surface area contributed by atoms with Gasteiger partial charge in [0.1, 0.15) is 10.7 Å². The summed E-state index contributed by atoms with van der Waals surface area (Å²) in [4.78, 5) is 23.6. The fourth-order valence-electron chi connectivity index (χ4n) is 3.09. The Labute approximate surface area is 153 Å². The summed E-state index contributed by atoms with van der Waals surface area (Å²) in [5.41, 5.74) is 3.23. The van der Waals surface area contributed by atoms with Crippen molar-refractivity contribution in [1.29, 1.82) is 0 Å². The molecule has 1 aromatic heterocycles. The molecule has 1 amide bonds. The zero-order chi connectivity index (χ0) is 17.8. The number of amides is 1. The van der Waals surface area contributed by atoms with Gasteiger partial charge < -0.3 is 9.80 Å². The number of rotatable bonds is 5. The summed E-state index contributed by atoms with van der Waals surface area (Å²) in [7, 11) is 4.02. The van der Waals surface area contributed by atoms with Gasteiger partial charge in [0.2, 0.25) is 0 Å². The molecule has 1 saturated heterocycles. The molecular formula is C19H26N4OS. The number of carbonyl (C=O) groups excluding carboxylic acids is 1. The van der Waals surface area contributed by atoms with E-state index in [0.29, 0.717) is 5.69 Å². The summed E-state index contributed by atoms with van der Waals surface area (Å²) < 4.78 is 0. The van der Waals surface area contributed by atoms with Crippen LogP contribution in [0.5, 0.6) is 0 Å². The Morgan fingerprint density at radius 3 is 2.68 bits per heavy atom. The van der Waals surface area contributed by atoms with Crippen molar-refractivity contribution in [2.24, 2.45) is 0 Å². The highest BCUT2D eigenvalue weighted by Gasteiger charge is 2.23. The van der Waals surface area contributed by atoms with Crippen LogP contribution in [0.25, 0.3) is 0 Å². The maximum atomic E-state index is 12.6. The maximum absolute atomic E-state index is 12.6.